The second-order valence-corrected chi connectivity index (χ2v) is 9.96. The molecule has 0 aliphatic carbocycles. The van der Waals surface area contributed by atoms with Crippen LogP contribution in [0.3, 0.4) is 0 Å². The third kappa shape index (κ3) is 5.31. The van der Waals surface area contributed by atoms with Gasteiger partial charge in [-0.3, -0.25) is 14.4 Å². The Morgan fingerprint density at radius 1 is 0.895 bits per heavy atom. The molecular formula is C30H24N2O5S. The monoisotopic (exact) mass is 524 g/mol. The molecule has 1 unspecified atom stereocenters. The molecule has 1 saturated heterocycles. The van der Waals surface area contributed by atoms with E-state index in [9.17, 15) is 19.2 Å². The maximum absolute atomic E-state index is 13.0. The lowest BCUT2D eigenvalue weighted by Crippen LogP contribution is -2.31. The average Bonchev–Trinajstić information content (AvgIpc) is 3.21. The minimum absolute atomic E-state index is 0.0730. The number of nitrogens with zero attached hydrogens (tertiary/aromatic N) is 1. The van der Waals surface area contributed by atoms with Gasteiger partial charge in [-0.1, -0.05) is 30.3 Å². The molecule has 0 radical (unpaired) electrons. The van der Waals surface area contributed by atoms with Crippen LogP contribution in [0.5, 0.6) is 0 Å². The van der Waals surface area contributed by atoms with E-state index in [-0.39, 0.29) is 30.7 Å². The van der Waals surface area contributed by atoms with Gasteiger partial charge in [-0.05, 0) is 78.4 Å². The zero-order valence-electron chi connectivity index (χ0n) is 20.5. The minimum Gasteiger partial charge on any atom is -0.462 e. The van der Waals surface area contributed by atoms with Crippen molar-refractivity contribution in [3.05, 3.63) is 102 Å². The first-order chi connectivity index (χ1) is 18.4. The molecule has 1 N–H and O–H groups in total. The van der Waals surface area contributed by atoms with E-state index in [4.69, 9.17) is 4.74 Å². The molecule has 5 rings (SSSR count). The highest BCUT2D eigenvalue weighted by Crippen LogP contribution is 2.34. The number of fused-ring (bicyclic) bond motifs is 1. The number of imide groups is 1. The molecule has 0 saturated carbocycles. The molecule has 3 amide bonds. The molecule has 7 nitrogen and oxygen atoms in total. The molecule has 1 aliphatic heterocycles. The second kappa shape index (κ2) is 10.9. The predicted molar refractivity (Wildman–Crippen MR) is 147 cm³/mol. The number of ether oxygens (including phenoxy) is 1. The lowest BCUT2D eigenvalue weighted by Gasteiger charge is -2.15. The third-order valence-corrected chi connectivity index (χ3v) is 7.34. The zero-order chi connectivity index (χ0) is 26.6. The molecule has 1 aliphatic rings. The summed E-state index contributed by atoms with van der Waals surface area (Å²) in [6, 6.07) is 26.8. The van der Waals surface area contributed by atoms with Gasteiger partial charge >= 0.3 is 5.97 Å². The summed E-state index contributed by atoms with van der Waals surface area (Å²) in [7, 11) is 0. The number of benzene rings is 4. The number of nitrogens with one attached hydrogen (secondary N) is 1. The highest BCUT2D eigenvalue weighted by atomic mass is 32.2. The molecule has 4 aromatic rings. The number of amides is 3. The molecule has 0 spiro atoms. The molecule has 4 aromatic carbocycles. The van der Waals surface area contributed by atoms with Crippen molar-refractivity contribution in [1.82, 2.24) is 0 Å². The minimum atomic E-state index is -0.565. The first-order valence-electron chi connectivity index (χ1n) is 12.1. The summed E-state index contributed by atoms with van der Waals surface area (Å²) in [4.78, 5) is 52.3. The molecule has 0 aromatic heterocycles. The molecule has 8 heteroatoms. The number of esters is 1. The van der Waals surface area contributed by atoms with E-state index >= 15 is 0 Å². The summed E-state index contributed by atoms with van der Waals surface area (Å²) in [6.45, 7) is 1.99. The van der Waals surface area contributed by atoms with Gasteiger partial charge in [0.15, 0.2) is 0 Å². The van der Waals surface area contributed by atoms with Crippen LogP contribution in [-0.2, 0) is 14.3 Å². The number of rotatable bonds is 7. The molecule has 0 bridgehead atoms. The first-order valence-corrected chi connectivity index (χ1v) is 13.0. The van der Waals surface area contributed by atoms with Gasteiger partial charge in [0.25, 0.3) is 5.91 Å². The van der Waals surface area contributed by atoms with Crippen LogP contribution in [0, 0.1) is 0 Å². The van der Waals surface area contributed by atoms with Crippen molar-refractivity contribution in [2.45, 2.75) is 23.5 Å². The Balaban J connectivity index is 1.22. The topological polar surface area (TPSA) is 92.8 Å². The summed E-state index contributed by atoms with van der Waals surface area (Å²) in [6.07, 6.45) is 0.0730. The molecule has 1 heterocycles. The number of hydrogen-bond acceptors (Lipinski definition) is 6. The SMILES string of the molecule is CCOC(=O)c1ccc(N2C(=O)CC(Sc3ccc(NC(=O)c4ccc5ccccc5c4)cc3)C2=O)cc1. The smallest absolute Gasteiger partial charge is 0.338 e. The van der Waals surface area contributed by atoms with E-state index < -0.39 is 11.2 Å². The molecule has 1 fully saturated rings. The highest BCUT2D eigenvalue weighted by Gasteiger charge is 2.40. The molecule has 38 heavy (non-hydrogen) atoms. The maximum atomic E-state index is 13.0. The Hall–Kier alpha value is -4.43. The van der Waals surface area contributed by atoms with Crippen LogP contribution in [-0.4, -0.2) is 35.5 Å². The van der Waals surface area contributed by atoms with Gasteiger partial charge in [0.2, 0.25) is 11.8 Å². The van der Waals surface area contributed by atoms with Gasteiger partial charge in [0.05, 0.1) is 23.1 Å². The van der Waals surface area contributed by atoms with Crippen LogP contribution < -0.4 is 10.2 Å². The van der Waals surface area contributed by atoms with Gasteiger partial charge in [-0.25, -0.2) is 9.69 Å². The van der Waals surface area contributed by atoms with Gasteiger partial charge in [0.1, 0.15) is 0 Å². The van der Waals surface area contributed by atoms with Crippen LogP contribution in [0.25, 0.3) is 10.8 Å². The number of carbonyl (C=O) groups excluding carboxylic acids is 4. The Morgan fingerprint density at radius 3 is 2.29 bits per heavy atom. The fourth-order valence-electron chi connectivity index (χ4n) is 4.24. The Bertz CT molecular complexity index is 1530. The van der Waals surface area contributed by atoms with Gasteiger partial charge in [-0.15, -0.1) is 11.8 Å². The summed E-state index contributed by atoms with van der Waals surface area (Å²) in [5.74, 6) is -1.27. The van der Waals surface area contributed by atoms with Crippen LogP contribution in [0.2, 0.25) is 0 Å². The summed E-state index contributed by atoms with van der Waals surface area (Å²) in [5.41, 5.74) is 1.97. The lowest BCUT2D eigenvalue weighted by molar-refractivity contribution is -0.121. The van der Waals surface area contributed by atoms with Gasteiger partial charge in [0, 0.05) is 22.6 Å². The standard InChI is InChI=1S/C30H24N2O5S/c1-2-37-30(36)20-9-13-24(14-10-20)32-27(33)18-26(29(32)35)38-25-15-11-23(12-16-25)31-28(34)22-8-7-19-5-3-4-6-21(19)17-22/h3-17,26H,2,18H2,1H3,(H,31,34). The quantitative estimate of drug-likeness (QED) is 0.247. The summed E-state index contributed by atoms with van der Waals surface area (Å²) >= 11 is 1.30. The summed E-state index contributed by atoms with van der Waals surface area (Å²) in [5, 5.41) is 4.39. The predicted octanol–water partition coefficient (Wildman–Crippen LogP) is 5.69. The van der Waals surface area contributed by atoms with Crippen molar-refractivity contribution in [3.63, 3.8) is 0 Å². The molecule has 1 atom stereocenters. The van der Waals surface area contributed by atoms with E-state index in [1.165, 1.54) is 11.8 Å². The van der Waals surface area contributed by atoms with E-state index in [1.54, 1.807) is 49.4 Å². The number of anilines is 2. The van der Waals surface area contributed by atoms with E-state index in [0.717, 1.165) is 20.6 Å². The van der Waals surface area contributed by atoms with E-state index in [1.807, 2.05) is 48.5 Å². The van der Waals surface area contributed by atoms with Crippen molar-refractivity contribution >= 4 is 57.6 Å². The van der Waals surface area contributed by atoms with Crippen LogP contribution in [0.1, 0.15) is 34.1 Å². The fourth-order valence-corrected chi connectivity index (χ4v) is 5.30. The number of carbonyl (C=O) groups is 4. The largest absolute Gasteiger partial charge is 0.462 e. The zero-order valence-corrected chi connectivity index (χ0v) is 21.4. The van der Waals surface area contributed by atoms with Gasteiger partial charge in [-0.2, -0.15) is 0 Å². The Morgan fingerprint density at radius 2 is 1.58 bits per heavy atom. The van der Waals surface area contributed by atoms with E-state index in [0.29, 0.717) is 22.5 Å². The Labute approximate surface area is 223 Å². The van der Waals surface area contributed by atoms with Crippen LogP contribution in [0.15, 0.2) is 95.9 Å². The molecular weight excluding hydrogens is 500 g/mol. The second-order valence-electron chi connectivity index (χ2n) is 8.69. The van der Waals surface area contributed by atoms with Crippen molar-refractivity contribution < 1.29 is 23.9 Å². The first kappa shape index (κ1) is 25.2. The normalized spacial score (nSPS) is 15.1. The van der Waals surface area contributed by atoms with E-state index in [2.05, 4.69) is 5.32 Å². The molecule has 190 valence electrons. The van der Waals surface area contributed by atoms with Crippen molar-refractivity contribution in [3.8, 4) is 0 Å². The van der Waals surface area contributed by atoms with Gasteiger partial charge < -0.3 is 10.1 Å². The third-order valence-electron chi connectivity index (χ3n) is 6.14. The number of thioether (sulfide) groups is 1. The van der Waals surface area contributed by atoms with Crippen LogP contribution >= 0.6 is 11.8 Å². The fraction of sp³-hybridized carbons (Fsp3) is 0.133. The average molecular weight is 525 g/mol. The number of hydrogen-bond donors (Lipinski definition) is 1. The van der Waals surface area contributed by atoms with Crippen molar-refractivity contribution in [1.29, 1.82) is 0 Å². The Kier molecular flexibility index (Phi) is 7.24. The lowest BCUT2D eigenvalue weighted by atomic mass is 10.1. The highest BCUT2D eigenvalue weighted by molar-refractivity contribution is 8.00. The summed E-state index contributed by atoms with van der Waals surface area (Å²) < 4.78 is 4.97. The van der Waals surface area contributed by atoms with Crippen molar-refractivity contribution in [2.24, 2.45) is 0 Å². The van der Waals surface area contributed by atoms with Crippen molar-refractivity contribution in [2.75, 3.05) is 16.8 Å². The maximum Gasteiger partial charge on any atom is 0.338 e. The van der Waals surface area contributed by atoms with Crippen LogP contribution in [0.4, 0.5) is 11.4 Å².